The van der Waals surface area contributed by atoms with E-state index in [9.17, 15) is 0 Å². The molecule has 82 valence electrons. The Labute approximate surface area is 99.6 Å². The molecule has 0 aliphatic rings. The van der Waals surface area contributed by atoms with E-state index in [0.29, 0.717) is 0 Å². The highest BCUT2D eigenvalue weighted by Crippen LogP contribution is 2.17. The number of aromatic amines is 1. The first kappa shape index (κ1) is 9.85. The van der Waals surface area contributed by atoms with E-state index < -0.39 is 0 Å². The summed E-state index contributed by atoms with van der Waals surface area (Å²) in [4.78, 5) is 0. The second kappa shape index (κ2) is 4.26. The van der Waals surface area contributed by atoms with Gasteiger partial charge in [0.05, 0.1) is 5.69 Å². The molecule has 3 rings (SSSR count). The molecule has 2 aromatic carbocycles. The van der Waals surface area contributed by atoms with Crippen LogP contribution < -0.4 is 0 Å². The van der Waals surface area contributed by atoms with Crippen molar-refractivity contribution in [2.45, 2.75) is 0 Å². The van der Waals surface area contributed by atoms with Gasteiger partial charge in [0, 0.05) is 6.20 Å². The number of aromatic nitrogens is 2. The molecule has 0 radical (unpaired) electrons. The van der Waals surface area contributed by atoms with Gasteiger partial charge in [0.1, 0.15) is 0 Å². The van der Waals surface area contributed by atoms with E-state index in [1.807, 2.05) is 18.3 Å². The molecule has 1 N–H and O–H groups in total. The fraction of sp³-hybridized carbons (Fsp3) is 0. The molecule has 0 saturated carbocycles. The number of benzene rings is 2. The topological polar surface area (TPSA) is 28.7 Å². The van der Waals surface area contributed by atoms with E-state index in [1.165, 1.54) is 16.3 Å². The standard InChI is InChI=1S/C15H12N2/c1-2-4-14-11-12(5-7-13(14)3-1)6-8-15-9-10-16-17-15/h1-11H,(H,16,17). The summed E-state index contributed by atoms with van der Waals surface area (Å²) in [7, 11) is 0. The van der Waals surface area contributed by atoms with E-state index in [0.717, 1.165) is 5.69 Å². The van der Waals surface area contributed by atoms with E-state index >= 15 is 0 Å². The smallest absolute Gasteiger partial charge is 0.0848 e. The molecule has 17 heavy (non-hydrogen) atoms. The third-order valence-electron chi connectivity index (χ3n) is 2.74. The van der Waals surface area contributed by atoms with E-state index in [2.05, 4.69) is 58.7 Å². The maximum Gasteiger partial charge on any atom is 0.0848 e. The predicted molar refractivity (Wildman–Crippen MR) is 71.5 cm³/mol. The Morgan fingerprint density at radius 1 is 0.882 bits per heavy atom. The van der Waals surface area contributed by atoms with Crippen molar-refractivity contribution in [3.8, 4) is 0 Å². The molecule has 0 fully saturated rings. The lowest BCUT2D eigenvalue weighted by atomic mass is 10.1. The number of rotatable bonds is 2. The van der Waals surface area contributed by atoms with Crippen molar-refractivity contribution >= 4 is 22.9 Å². The molecule has 3 aromatic rings. The normalized spacial score (nSPS) is 11.3. The average molecular weight is 220 g/mol. The Morgan fingerprint density at radius 2 is 1.76 bits per heavy atom. The summed E-state index contributed by atoms with van der Waals surface area (Å²) in [5.41, 5.74) is 2.13. The zero-order valence-corrected chi connectivity index (χ0v) is 9.30. The molecule has 0 aliphatic heterocycles. The second-order valence-electron chi connectivity index (χ2n) is 3.94. The van der Waals surface area contributed by atoms with Crippen LogP contribution in [0.4, 0.5) is 0 Å². The maximum atomic E-state index is 4.08. The molecule has 0 unspecified atom stereocenters. The van der Waals surface area contributed by atoms with Crippen LogP contribution >= 0.6 is 0 Å². The lowest BCUT2D eigenvalue weighted by Crippen LogP contribution is -1.75. The van der Waals surface area contributed by atoms with Gasteiger partial charge in [-0.1, -0.05) is 42.5 Å². The molecule has 1 aromatic heterocycles. The molecule has 2 heteroatoms. The van der Waals surface area contributed by atoms with Gasteiger partial charge in [-0.3, -0.25) is 5.10 Å². The highest BCUT2D eigenvalue weighted by molar-refractivity contribution is 5.85. The fourth-order valence-corrected chi connectivity index (χ4v) is 1.86. The minimum Gasteiger partial charge on any atom is -0.285 e. The van der Waals surface area contributed by atoms with Gasteiger partial charge < -0.3 is 0 Å². The van der Waals surface area contributed by atoms with Gasteiger partial charge in [-0.2, -0.15) is 5.10 Å². The largest absolute Gasteiger partial charge is 0.285 e. The molecule has 0 atom stereocenters. The van der Waals surface area contributed by atoms with E-state index in [-0.39, 0.29) is 0 Å². The summed E-state index contributed by atoms with van der Waals surface area (Å²) in [6, 6.07) is 16.7. The first-order valence-corrected chi connectivity index (χ1v) is 5.58. The quantitative estimate of drug-likeness (QED) is 0.700. The molecular weight excluding hydrogens is 208 g/mol. The van der Waals surface area contributed by atoms with Gasteiger partial charge in [0.15, 0.2) is 0 Å². The lowest BCUT2D eigenvalue weighted by molar-refractivity contribution is 1.08. The van der Waals surface area contributed by atoms with Crippen LogP contribution in [0.5, 0.6) is 0 Å². The Balaban J connectivity index is 1.96. The molecule has 2 nitrogen and oxygen atoms in total. The number of nitrogens with zero attached hydrogens (tertiary/aromatic N) is 1. The Hall–Kier alpha value is -2.35. The lowest BCUT2D eigenvalue weighted by Gasteiger charge is -1.98. The van der Waals surface area contributed by atoms with E-state index in [4.69, 9.17) is 0 Å². The zero-order valence-electron chi connectivity index (χ0n) is 9.30. The van der Waals surface area contributed by atoms with Crippen molar-refractivity contribution in [1.82, 2.24) is 10.2 Å². The SMILES string of the molecule is C(=Cc1cc[nH]n1)c1ccc2ccccc2c1. The summed E-state index contributed by atoms with van der Waals surface area (Å²) in [5.74, 6) is 0. The molecule has 0 amide bonds. The fourth-order valence-electron chi connectivity index (χ4n) is 1.86. The van der Waals surface area contributed by atoms with Crippen LogP contribution in [-0.2, 0) is 0 Å². The summed E-state index contributed by atoms with van der Waals surface area (Å²) in [6.07, 6.45) is 5.89. The number of hydrogen-bond donors (Lipinski definition) is 1. The van der Waals surface area contributed by atoms with E-state index in [1.54, 1.807) is 0 Å². The van der Waals surface area contributed by atoms with Crippen molar-refractivity contribution < 1.29 is 0 Å². The van der Waals surface area contributed by atoms with Crippen molar-refractivity contribution in [3.05, 3.63) is 66.0 Å². The minimum absolute atomic E-state index is 0.943. The zero-order chi connectivity index (χ0) is 11.5. The summed E-state index contributed by atoms with van der Waals surface area (Å²) in [6.45, 7) is 0. The van der Waals surface area contributed by atoms with Crippen molar-refractivity contribution in [1.29, 1.82) is 0 Å². The molecule has 0 bridgehead atoms. The van der Waals surface area contributed by atoms with Crippen LogP contribution in [0, 0.1) is 0 Å². The first-order valence-electron chi connectivity index (χ1n) is 5.58. The van der Waals surface area contributed by atoms with Gasteiger partial charge in [0.2, 0.25) is 0 Å². The van der Waals surface area contributed by atoms with Crippen LogP contribution in [-0.4, -0.2) is 10.2 Å². The van der Waals surface area contributed by atoms with Gasteiger partial charge in [-0.05, 0) is 34.5 Å². The van der Waals surface area contributed by atoms with Gasteiger partial charge >= 0.3 is 0 Å². The Kier molecular flexibility index (Phi) is 2.47. The number of nitrogens with one attached hydrogen (secondary N) is 1. The van der Waals surface area contributed by atoms with Crippen molar-refractivity contribution in [3.63, 3.8) is 0 Å². The van der Waals surface area contributed by atoms with Crippen LogP contribution in [0.15, 0.2) is 54.7 Å². The van der Waals surface area contributed by atoms with Crippen LogP contribution in [0.3, 0.4) is 0 Å². The van der Waals surface area contributed by atoms with Crippen LogP contribution in [0.25, 0.3) is 22.9 Å². The predicted octanol–water partition coefficient (Wildman–Crippen LogP) is 3.73. The van der Waals surface area contributed by atoms with Crippen molar-refractivity contribution in [2.24, 2.45) is 0 Å². The summed E-state index contributed by atoms with van der Waals surface area (Å²) >= 11 is 0. The number of hydrogen-bond acceptors (Lipinski definition) is 1. The number of fused-ring (bicyclic) bond motifs is 1. The third kappa shape index (κ3) is 2.11. The Morgan fingerprint density at radius 3 is 2.59 bits per heavy atom. The van der Waals surface area contributed by atoms with Gasteiger partial charge in [0.25, 0.3) is 0 Å². The molecule has 1 heterocycles. The van der Waals surface area contributed by atoms with Crippen molar-refractivity contribution in [2.75, 3.05) is 0 Å². The summed E-state index contributed by atoms with van der Waals surface area (Å²) < 4.78 is 0. The summed E-state index contributed by atoms with van der Waals surface area (Å²) in [5, 5.41) is 9.40. The first-order chi connectivity index (χ1) is 8.42. The highest BCUT2D eigenvalue weighted by atomic mass is 15.1. The third-order valence-corrected chi connectivity index (χ3v) is 2.74. The maximum absolute atomic E-state index is 4.08. The molecular formula is C15H12N2. The van der Waals surface area contributed by atoms with Crippen LogP contribution in [0.1, 0.15) is 11.3 Å². The molecule has 0 aliphatic carbocycles. The second-order valence-corrected chi connectivity index (χ2v) is 3.94. The minimum atomic E-state index is 0.943. The van der Waals surface area contributed by atoms with Gasteiger partial charge in [-0.15, -0.1) is 0 Å². The average Bonchev–Trinajstić information content (AvgIpc) is 2.89. The Bertz CT molecular complexity index is 652. The van der Waals surface area contributed by atoms with Gasteiger partial charge in [-0.25, -0.2) is 0 Å². The molecule has 0 saturated heterocycles. The molecule has 0 spiro atoms. The monoisotopic (exact) mass is 220 g/mol. The van der Waals surface area contributed by atoms with Crippen LogP contribution in [0.2, 0.25) is 0 Å². The highest BCUT2D eigenvalue weighted by Gasteiger charge is 1.93. The number of H-pyrrole nitrogens is 1.